The first-order valence-corrected chi connectivity index (χ1v) is 11.4. The fourth-order valence-corrected chi connectivity index (χ4v) is 4.58. The zero-order valence-electron chi connectivity index (χ0n) is 16.4. The Kier molecular flexibility index (Phi) is 5.47. The van der Waals surface area contributed by atoms with Crippen LogP contribution in [0.2, 0.25) is 0 Å². The van der Waals surface area contributed by atoms with Crippen LogP contribution in [0.25, 0.3) is 21.3 Å². The van der Waals surface area contributed by atoms with Crippen molar-refractivity contribution in [3.8, 4) is 21.3 Å². The van der Waals surface area contributed by atoms with Crippen molar-refractivity contribution in [3.63, 3.8) is 0 Å². The van der Waals surface area contributed by atoms with E-state index >= 15 is 0 Å². The smallest absolute Gasteiger partial charge is 0.255 e. The molecule has 1 aromatic carbocycles. The Morgan fingerprint density at radius 1 is 1.00 bits per heavy atom. The van der Waals surface area contributed by atoms with Crippen LogP contribution >= 0.6 is 22.7 Å². The summed E-state index contributed by atoms with van der Waals surface area (Å²) in [6.07, 6.45) is 3.38. The zero-order chi connectivity index (χ0) is 21.0. The molecule has 1 N–H and O–H groups in total. The summed E-state index contributed by atoms with van der Waals surface area (Å²) in [6.45, 7) is 0.876. The van der Waals surface area contributed by atoms with Gasteiger partial charge in [-0.15, -0.1) is 22.7 Å². The first-order chi connectivity index (χ1) is 15.3. The van der Waals surface area contributed by atoms with Crippen molar-refractivity contribution in [2.24, 2.45) is 0 Å². The topological polar surface area (TPSA) is 73.0 Å². The highest BCUT2D eigenvalue weighted by Crippen LogP contribution is 2.27. The largest absolute Gasteiger partial charge is 0.443 e. The maximum Gasteiger partial charge on any atom is 0.255 e. The maximum absolute atomic E-state index is 13.0. The molecule has 6 nitrogen and oxygen atoms in total. The summed E-state index contributed by atoms with van der Waals surface area (Å²) in [5.74, 6) is 0.373. The average Bonchev–Trinajstić information content (AvgIpc) is 3.59. The van der Waals surface area contributed by atoms with Gasteiger partial charge in [-0.2, -0.15) is 5.10 Å². The molecule has 0 saturated carbocycles. The molecule has 4 heterocycles. The molecule has 154 valence electrons. The summed E-state index contributed by atoms with van der Waals surface area (Å²) in [7, 11) is 0. The number of aromatic nitrogens is 3. The van der Waals surface area contributed by atoms with Crippen molar-refractivity contribution in [2.75, 3.05) is 0 Å². The molecule has 0 aliphatic carbocycles. The molecule has 0 radical (unpaired) electrons. The molecule has 5 rings (SSSR count). The molecular weight excluding hydrogens is 428 g/mol. The Balaban J connectivity index is 1.35. The second-order valence-electron chi connectivity index (χ2n) is 6.86. The van der Waals surface area contributed by atoms with Crippen molar-refractivity contribution < 1.29 is 9.21 Å². The Labute approximate surface area is 186 Å². The van der Waals surface area contributed by atoms with Crippen molar-refractivity contribution in [2.45, 2.75) is 13.1 Å². The molecule has 4 aromatic heterocycles. The van der Waals surface area contributed by atoms with Crippen LogP contribution in [-0.4, -0.2) is 20.7 Å². The number of benzene rings is 1. The molecule has 0 bridgehead atoms. The number of amides is 1. The zero-order valence-corrected chi connectivity index (χ0v) is 18.0. The van der Waals surface area contributed by atoms with Crippen molar-refractivity contribution >= 4 is 28.6 Å². The lowest BCUT2D eigenvalue weighted by Crippen LogP contribution is -2.23. The number of nitrogens with one attached hydrogen (secondary N) is 1. The second kappa shape index (κ2) is 8.71. The van der Waals surface area contributed by atoms with Gasteiger partial charge in [-0.1, -0.05) is 42.5 Å². The quantitative estimate of drug-likeness (QED) is 0.368. The van der Waals surface area contributed by atoms with Crippen molar-refractivity contribution in [3.05, 3.63) is 94.6 Å². The van der Waals surface area contributed by atoms with Gasteiger partial charge in [0.05, 0.1) is 34.1 Å². The second-order valence-corrected chi connectivity index (χ2v) is 8.75. The highest BCUT2D eigenvalue weighted by atomic mass is 32.1. The predicted octanol–water partition coefficient (Wildman–Crippen LogP) is 5.31. The van der Waals surface area contributed by atoms with Gasteiger partial charge in [-0.3, -0.25) is 9.48 Å². The summed E-state index contributed by atoms with van der Waals surface area (Å²) < 4.78 is 7.34. The van der Waals surface area contributed by atoms with Crippen LogP contribution in [-0.2, 0) is 13.1 Å². The molecule has 0 fully saturated rings. The van der Waals surface area contributed by atoms with E-state index in [4.69, 9.17) is 9.52 Å². The minimum absolute atomic E-state index is 0.191. The van der Waals surface area contributed by atoms with Gasteiger partial charge in [0.2, 0.25) is 5.89 Å². The van der Waals surface area contributed by atoms with Crippen LogP contribution in [0, 0.1) is 0 Å². The van der Waals surface area contributed by atoms with Crippen molar-refractivity contribution in [1.82, 2.24) is 20.1 Å². The van der Waals surface area contributed by atoms with Crippen LogP contribution in [0.15, 0.2) is 82.2 Å². The lowest BCUT2D eigenvalue weighted by molar-refractivity contribution is 0.0951. The molecule has 31 heavy (non-hydrogen) atoms. The van der Waals surface area contributed by atoms with E-state index < -0.39 is 0 Å². The molecule has 0 unspecified atom stereocenters. The van der Waals surface area contributed by atoms with Gasteiger partial charge < -0.3 is 9.73 Å². The fourth-order valence-electron chi connectivity index (χ4n) is 3.20. The van der Waals surface area contributed by atoms with Crippen molar-refractivity contribution in [1.29, 1.82) is 0 Å². The molecule has 8 heteroatoms. The number of carbonyl (C=O) groups excluding carboxylic acids is 1. The first kappa shape index (κ1) is 19.5. The van der Waals surface area contributed by atoms with E-state index in [-0.39, 0.29) is 12.5 Å². The normalized spacial score (nSPS) is 11.0. The number of rotatable bonds is 7. The van der Waals surface area contributed by atoms with Crippen LogP contribution in [0.5, 0.6) is 0 Å². The molecule has 0 aliphatic rings. The van der Waals surface area contributed by atoms with E-state index in [0.717, 1.165) is 15.3 Å². The van der Waals surface area contributed by atoms with Crippen LogP contribution < -0.4 is 5.32 Å². The van der Waals surface area contributed by atoms with Gasteiger partial charge >= 0.3 is 0 Å². The lowest BCUT2D eigenvalue weighted by Gasteiger charge is -2.02. The Hall–Kier alpha value is -3.49. The van der Waals surface area contributed by atoms with E-state index in [1.807, 2.05) is 70.0 Å². The molecule has 0 aliphatic heterocycles. The predicted molar refractivity (Wildman–Crippen MR) is 122 cm³/mol. The third-order valence-corrected chi connectivity index (χ3v) is 6.40. The molecule has 0 saturated heterocycles. The van der Waals surface area contributed by atoms with E-state index in [9.17, 15) is 4.79 Å². The molecule has 0 atom stereocenters. The average molecular weight is 447 g/mol. The molecule has 5 aromatic rings. The molecule has 1 amide bonds. The van der Waals surface area contributed by atoms with E-state index in [1.165, 1.54) is 0 Å². The Bertz CT molecular complexity index is 1270. The van der Waals surface area contributed by atoms with Crippen LogP contribution in [0.4, 0.5) is 0 Å². The monoisotopic (exact) mass is 446 g/mol. The van der Waals surface area contributed by atoms with Crippen LogP contribution in [0.3, 0.4) is 0 Å². The minimum atomic E-state index is -0.191. The fraction of sp³-hybridized carbons (Fsp3) is 0.0870. The number of nitrogens with zero attached hydrogens (tertiary/aromatic N) is 3. The minimum Gasteiger partial charge on any atom is -0.443 e. The van der Waals surface area contributed by atoms with Gasteiger partial charge in [-0.25, -0.2) is 4.98 Å². The lowest BCUT2D eigenvalue weighted by atomic mass is 10.2. The number of carbonyl (C=O) groups is 1. The summed E-state index contributed by atoms with van der Waals surface area (Å²) >= 11 is 3.12. The van der Waals surface area contributed by atoms with Crippen LogP contribution in [0.1, 0.15) is 21.6 Å². The van der Waals surface area contributed by atoms with Gasteiger partial charge in [-0.05, 0) is 28.5 Å². The highest BCUT2D eigenvalue weighted by molar-refractivity contribution is 7.13. The summed E-state index contributed by atoms with van der Waals surface area (Å²) in [5, 5.41) is 11.6. The Morgan fingerprint density at radius 3 is 2.52 bits per heavy atom. The van der Waals surface area contributed by atoms with Gasteiger partial charge in [0.1, 0.15) is 12.0 Å². The third kappa shape index (κ3) is 4.35. The summed E-state index contributed by atoms with van der Waals surface area (Å²) in [6, 6.07) is 17.9. The van der Waals surface area contributed by atoms with Gasteiger partial charge in [0.25, 0.3) is 5.91 Å². The van der Waals surface area contributed by atoms with E-state index in [1.54, 1.807) is 35.1 Å². The first-order valence-electron chi connectivity index (χ1n) is 9.68. The molecule has 0 spiro atoms. The number of thiophene rings is 2. The van der Waals surface area contributed by atoms with E-state index in [0.29, 0.717) is 29.4 Å². The summed E-state index contributed by atoms with van der Waals surface area (Å²) in [4.78, 5) is 19.4. The number of oxazole rings is 1. The van der Waals surface area contributed by atoms with Gasteiger partial charge in [0.15, 0.2) is 0 Å². The standard InChI is InChI=1S/C23H18N4O2S2/c28-22(24-12-17-15-29-23(25-17)20-9-5-11-31-20)18-14-27(13-16-6-2-1-3-7-16)26-21(18)19-8-4-10-30-19/h1-11,14-15H,12-13H2,(H,24,28). The third-order valence-electron chi connectivity index (χ3n) is 4.66. The number of hydrogen-bond acceptors (Lipinski definition) is 6. The maximum atomic E-state index is 13.0. The number of hydrogen-bond donors (Lipinski definition) is 1. The van der Waals surface area contributed by atoms with E-state index in [2.05, 4.69) is 10.3 Å². The SMILES string of the molecule is O=C(NCc1coc(-c2cccs2)n1)c1cn(Cc2ccccc2)nc1-c1cccs1. The highest BCUT2D eigenvalue weighted by Gasteiger charge is 2.19. The summed E-state index contributed by atoms with van der Waals surface area (Å²) in [5.41, 5.74) is 3.02. The Morgan fingerprint density at radius 2 is 1.77 bits per heavy atom. The van der Waals surface area contributed by atoms with Gasteiger partial charge in [0, 0.05) is 6.20 Å². The molecular formula is C23H18N4O2S2.